The molecular weight excluding hydrogens is 498 g/mol. The van der Waals surface area contributed by atoms with Gasteiger partial charge in [-0.1, -0.05) is 34.1 Å². The highest BCUT2D eigenvalue weighted by atomic mass is 79.9. The molecule has 3 aromatic rings. The Kier molecular flexibility index (Phi) is 5.89. The molecule has 4 rings (SSSR count). The van der Waals surface area contributed by atoms with Crippen LogP contribution in [0.1, 0.15) is 16.7 Å². The second-order valence-corrected chi connectivity index (χ2v) is 8.11. The van der Waals surface area contributed by atoms with Gasteiger partial charge < -0.3 is 14.2 Å². The molecule has 1 aliphatic heterocycles. The molecule has 0 radical (unpaired) electrons. The van der Waals surface area contributed by atoms with Crippen molar-refractivity contribution in [3.8, 4) is 23.3 Å². The average Bonchev–Trinajstić information content (AvgIpc) is 3.20. The van der Waals surface area contributed by atoms with E-state index in [9.17, 15) is 5.26 Å². The molecule has 3 aromatic carbocycles. The summed E-state index contributed by atoms with van der Waals surface area (Å²) < 4.78 is 18.5. The molecule has 0 saturated carbocycles. The van der Waals surface area contributed by atoms with Crippen LogP contribution in [0, 0.1) is 11.3 Å². The molecule has 0 fully saturated rings. The van der Waals surface area contributed by atoms with Crippen LogP contribution in [0.2, 0.25) is 0 Å². The molecule has 1 aliphatic rings. The molecule has 0 N–H and O–H groups in total. The van der Waals surface area contributed by atoms with E-state index in [1.54, 1.807) is 0 Å². The molecule has 0 saturated heterocycles. The number of fused-ring (bicyclic) bond motifs is 1. The average molecular weight is 513 g/mol. The number of rotatable bonds is 5. The molecule has 6 heteroatoms. The molecule has 1 heterocycles. The van der Waals surface area contributed by atoms with Crippen LogP contribution in [-0.4, -0.2) is 6.79 Å². The van der Waals surface area contributed by atoms with Gasteiger partial charge in [0.1, 0.15) is 12.4 Å². The molecule has 0 amide bonds. The van der Waals surface area contributed by atoms with Crippen LogP contribution in [0.4, 0.5) is 0 Å². The number of benzene rings is 3. The zero-order valence-corrected chi connectivity index (χ0v) is 18.4. The first-order chi connectivity index (χ1) is 14.1. The Bertz CT molecular complexity index is 1120. The van der Waals surface area contributed by atoms with E-state index in [0.29, 0.717) is 23.7 Å². The quantitative estimate of drug-likeness (QED) is 0.286. The molecule has 0 bridgehead atoms. The van der Waals surface area contributed by atoms with Crippen molar-refractivity contribution in [2.24, 2.45) is 0 Å². The van der Waals surface area contributed by atoms with Crippen molar-refractivity contribution >= 4 is 43.5 Å². The van der Waals surface area contributed by atoms with Gasteiger partial charge >= 0.3 is 0 Å². The van der Waals surface area contributed by atoms with Gasteiger partial charge in [0.25, 0.3) is 0 Å². The number of halogens is 2. The first-order valence-electron chi connectivity index (χ1n) is 8.81. The lowest BCUT2D eigenvalue weighted by molar-refractivity contribution is 0.174. The fourth-order valence-electron chi connectivity index (χ4n) is 2.88. The van der Waals surface area contributed by atoms with Crippen LogP contribution in [0.3, 0.4) is 0 Å². The summed E-state index contributed by atoms with van der Waals surface area (Å²) in [4.78, 5) is 0. The minimum Gasteiger partial charge on any atom is -0.488 e. The molecule has 0 spiro atoms. The SMILES string of the molecule is N#C/C(=C/c1ccc(OCc2ccc(Br)cc2)c(Br)c1)c1ccc2c(c1)OCO2. The van der Waals surface area contributed by atoms with Crippen molar-refractivity contribution < 1.29 is 14.2 Å². The Morgan fingerprint density at radius 2 is 1.79 bits per heavy atom. The molecule has 29 heavy (non-hydrogen) atoms. The van der Waals surface area contributed by atoms with Crippen molar-refractivity contribution in [2.75, 3.05) is 6.79 Å². The lowest BCUT2D eigenvalue weighted by Gasteiger charge is -2.09. The van der Waals surface area contributed by atoms with E-state index in [1.165, 1.54) is 0 Å². The van der Waals surface area contributed by atoms with E-state index >= 15 is 0 Å². The van der Waals surface area contributed by atoms with E-state index in [1.807, 2.05) is 66.7 Å². The summed E-state index contributed by atoms with van der Waals surface area (Å²) in [6.07, 6.45) is 1.83. The Hall–Kier alpha value is -2.75. The Labute approximate surface area is 185 Å². The third-order valence-corrected chi connectivity index (χ3v) is 5.53. The first kappa shape index (κ1) is 19.6. The van der Waals surface area contributed by atoms with Crippen LogP contribution in [0.5, 0.6) is 17.2 Å². The Balaban J connectivity index is 1.51. The first-order valence-corrected chi connectivity index (χ1v) is 10.4. The van der Waals surface area contributed by atoms with Crippen molar-refractivity contribution in [3.05, 3.63) is 86.3 Å². The Morgan fingerprint density at radius 1 is 1.00 bits per heavy atom. The number of ether oxygens (including phenoxy) is 3. The summed E-state index contributed by atoms with van der Waals surface area (Å²) in [5.74, 6) is 2.09. The van der Waals surface area contributed by atoms with Crippen molar-refractivity contribution in [3.63, 3.8) is 0 Å². The van der Waals surface area contributed by atoms with Crippen molar-refractivity contribution in [2.45, 2.75) is 6.61 Å². The minimum atomic E-state index is 0.207. The van der Waals surface area contributed by atoms with Crippen molar-refractivity contribution in [1.82, 2.24) is 0 Å². The molecule has 0 atom stereocenters. The highest BCUT2D eigenvalue weighted by Crippen LogP contribution is 2.35. The van der Waals surface area contributed by atoms with E-state index in [4.69, 9.17) is 14.2 Å². The topological polar surface area (TPSA) is 51.5 Å². The van der Waals surface area contributed by atoms with Gasteiger partial charge in [-0.25, -0.2) is 0 Å². The van der Waals surface area contributed by atoms with E-state index in [-0.39, 0.29) is 6.79 Å². The summed E-state index contributed by atoms with van der Waals surface area (Å²) in [5, 5.41) is 9.61. The third-order valence-electron chi connectivity index (χ3n) is 4.38. The second-order valence-electron chi connectivity index (χ2n) is 6.34. The lowest BCUT2D eigenvalue weighted by Crippen LogP contribution is -1.96. The fraction of sp³-hybridized carbons (Fsp3) is 0.0870. The van der Waals surface area contributed by atoms with E-state index in [2.05, 4.69) is 37.9 Å². The number of hydrogen-bond acceptors (Lipinski definition) is 4. The summed E-state index contributed by atoms with van der Waals surface area (Å²) >= 11 is 6.99. The maximum absolute atomic E-state index is 9.61. The fourth-order valence-corrected chi connectivity index (χ4v) is 3.65. The normalized spacial score (nSPS) is 12.5. The van der Waals surface area contributed by atoms with Gasteiger partial charge in [0.05, 0.1) is 16.1 Å². The van der Waals surface area contributed by atoms with Crippen molar-refractivity contribution in [1.29, 1.82) is 5.26 Å². The van der Waals surface area contributed by atoms with Crippen LogP contribution < -0.4 is 14.2 Å². The van der Waals surface area contributed by atoms with Gasteiger partial charge in [-0.15, -0.1) is 0 Å². The van der Waals surface area contributed by atoms with Crippen LogP contribution in [0.15, 0.2) is 69.6 Å². The third kappa shape index (κ3) is 4.64. The lowest BCUT2D eigenvalue weighted by atomic mass is 10.0. The monoisotopic (exact) mass is 511 g/mol. The van der Waals surface area contributed by atoms with Crippen LogP contribution in [-0.2, 0) is 6.61 Å². The highest BCUT2D eigenvalue weighted by molar-refractivity contribution is 9.10. The van der Waals surface area contributed by atoms with Gasteiger partial charge in [-0.2, -0.15) is 5.26 Å². The highest BCUT2D eigenvalue weighted by Gasteiger charge is 2.15. The maximum Gasteiger partial charge on any atom is 0.231 e. The minimum absolute atomic E-state index is 0.207. The standard InChI is InChI=1S/C23H15Br2NO3/c24-19-5-1-15(2-6-19)13-27-21-7-3-16(10-20(21)25)9-18(12-26)17-4-8-22-23(11-17)29-14-28-22/h1-11H,13-14H2/b18-9-. The molecule has 144 valence electrons. The zero-order chi connectivity index (χ0) is 20.2. The summed E-state index contributed by atoms with van der Waals surface area (Å²) in [7, 11) is 0. The number of nitrogens with zero attached hydrogens (tertiary/aromatic N) is 1. The van der Waals surface area contributed by atoms with E-state index < -0.39 is 0 Å². The van der Waals surface area contributed by atoms with Gasteiger partial charge in [0.2, 0.25) is 6.79 Å². The predicted octanol–water partition coefficient (Wildman–Crippen LogP) is 6.58. The number of hydrogen-bond donors (Lipinski definition) is 0. The van der Waals surface area contributed by atoms with Gasteiger partial charge in [-0.3, -0.25) is 0 Å². The zero-order valence-electron chi connectivity index (χ0n) is 15.2. The predicted molar refractivity (Wildman–Crippen MR) is 119 cm³/mol. The van der Waals surface area contributed by atoms with Gasteiger partial charge in [0.15, 0.2) is 11.5 Å². The molecule has 0 aromatic heterocycles. The van der Waals surface area contributed by atoms with Crippen LogP contribution >= 0.6 is 31.9 Å². The summed E-state index contributed by atoms with van der Waals surface area (Å²) in [6, 6.07) is 21.5. The second kappa shape index (κ2) is 8.73. The largest absolute Gasteiger partial charge is 0.488 e. The molecular formula is C23H15Br2NO3. The number of nitriles is 1. The summed E-state index contributed by atoms with van der Waals surface area (Å²) in [5.41, 5.74) is 3.29. The number of allylic oxidation sites excluding steroid dienone is 1. The van der Waals surface area contributed by atoms with Gasteiger partial charge in [-0.05, 0) is 81.2 Å². The molecule has 4 nitrogen and oxygen atoms in total. The smallest absolute Gasteiger partial charge is 0.231 e. The van der Waals surface area contributed by atoms with Crippen LogP contribution in [0.25, 0.3) is 11.6 Å². The van der Waals surface area contributed by atoms with Gasteiger partial charge in [0, 0.05) is 4.47 Å². The summed E-state index contributed by atoms with van der Waals surface area (Å²) in [6.45, 7) is 0.681. The molecule has 0 unspecified atom stereocenters. The molecule has 0 aliphatic carbocycles. The Morgan fingerprint density at radius 3 is 2.55 bits per heavy atom. The van der Waals surface area contributed by atoms with E-state index in [0.717, 1.165) is 31.4 Å². The maximum atomic E-state index is 9.61.